The van der Waals surface area contributed by atoms with E-state index in [0.717, 1.165) is 33.5 Å². The second kappa shape index (κ2) is 14.0. The Balaban J connectivity index is 0.000000237. The molecule has 0 unspecified atom stereocenters. The number of imidazole rings is 1. The van der Waals surface area contributed by atoms with Crippen molar-refractivity contribution in [2.45, 2.75) is 60.1 Å². The average Bonchev–Trinajstić information content (AvgIpc) is 3.71. The van der Waals surface area contributed by atoms with Crippen molar-refractivity contribution >= 4 is 22.0 Å². The molecular weight excluding hydrogens is 743 g/mol. The van der Waals surface area contributed by atoms with Gasteiger partial charge in [0.1, 0.15) is 0 Å². The summed E-state index contributed by atoms with van der Waals surface area (Å²) in [6.07, 6.45) is 4.33. The van der Waals surface area contributed by atoms with E-state index in [9.17, 15) is 0 Å². The predicted octanol–water partition coefficient (Wildman–Crippen LogP) is 11.0. The van der Waals surface area contributed by atoms with Crippen molar-refractivity contribution in [1.29, 1.82) is 0 Å². The summed E-state index contributed by atoms with van der Waals surface area (Å²) in [6.45, 7) is 2.29. The van der Waals surface area contributed by atoms with Crippen LogP contribution in [0.3, 0.4) is 0 Å². The normalized spacial score (nSPS) is 14.9. The molecule has 0 saturated carbocycles. The molecule has 0 N–H and O–H groups in total. The number of rotatable bonds is 5. The van der Waals surface area contributed by atoms with E-state index in [1.165, 1.54) is 35.5 Å². The zero-order chi connectivity index (χ0) is 39.2. The van der Waals surface area contributed by atoms with Gasteiger partial charge in [-0.25, -0.2) is 0 Å². The van der Waals surface area contributed by atoms with E-state index in [1.54, 1.807) is 30.3 Å². The number of aromatic nitrogens is 3. The zero-order valence-corrected chi connectivity index (χ0v) is 28.4. The number of hydrogen-bond acceptors (Lipinski definition) is 3. The molecule has 1 radical (unpaired) electrons. The molecule has 4 aromatic carbocycles. The maximum atomic E-state index is 7.73. The Hall–Kier alpha value is -4.31. The van der Waals surface area contributed by atoms with E-state index in [1.807, 2.05) is 18.2 Å². The molecular formula is C41H39IrN3O-2. The Kier molecular flexibility index (Phi) is 7.02. The number of furan rings is 1. The van der Waals surface area contributed by atoms with Crippen LogP contribution >= 0.6 is 0 Å². The minimum absolute atomic E-state index is 0. The van der Waals surface area contributed by atoms with Crippen molar-refractivity contribution in [3.8, 4) is 28.3 Å². The minimum atomic E-state index is -2.20. The van der Waals surface area contributed by atoms with E-state index >= 15 is 0 Å². The molecule has 0 saturated heterocycles. The first kappa shape index (κ1) is 23.1. The van der Waals surface area contributed by atoms with Gasteiger partial charge in [-0.2, -0.15) is 0 Å². The number of benzene rings is 4. The second-order valence-corrected chi connectivity index (χ2v) is 11.6. The molecule has 46 heavy (non-hydrogen) atoms. The van der Waals surface area contributed by atoms with Gasteiger partial charge in [0.25, 0.3) is 0 Å². The zero-order valence-electron chi connectivity index (χ0n) is 35.0. The third-order valence-corrected chi connectivity index (χ3v) is 7.72. The summed E-state index contributed by atoms with van der Waals surface area (Å²) in [7, 11) is 0. The van der Waals surface area contributed by atoms with Gasteiger partial charge in [0.05, 0.1) is 16.9 Å². The van der Waals surface area contributed by atoms with Crippen LogP contribution in [0.1, 0.15) is 79.7 Å². The van der Waals surface area contributed by atoms with Gasteiger partial charge in [0.2, 0.25) is 0 Å². The van der Waals surface area contributed by atoms with E-state index in [-0.39, 0.29) is 36.8 Å². The third-order valence-electron chi connectivity index (χ3n) is 7.72. The first-order valence-corrected chi connectivity index (χ1v) is 14.9. The van der Waals surface area contributed by atoms with Gasteiger partial charge in [-0.15, -0.1) is 41.5 Å². The molecule has 0 spiro atoms. The maximum Gasteiger partial charge on any atom is 0.0774 e. The Bertz CT molecular complexity index is 2320. The van der Waals surface area contributed by atoms with Crippen LogP contribution in [0.5, 0.6) is 0 Å². The molecule has 5 heteroatoms. The first-order chi connectivity index (χ1) is 25.3. The Morgan fingerprint density at radius 1 is 0.783 bits per heavy atom. The van der Waals surface area contributed by atoms with Crippen LogP contribution in [-0.4, -0.2) is 14.5 Å². The number of pyridine rings is 1. The number of para-hydroxylation sites is 3. The molecule has 3 aromatic heterocycles. The van der Waals surface area contributed by atoms with Crippen molar-refractivity contribution in [1.82, 2.24) is 14.5 Å². The van der Waals surface area contributed by atoms with E-state index < -0.39 is 20.6 Å². The molecule has 7 rings (SSSR count). The average molecular weight is 791 g/mol. The molecule has 0 bridgehead atoms. The minimum Gasteiger partial charge on any atom is -0.557 e. The van der Waals surface area contributed by atoms with Crippen LogP contribution in [0.4, 0.5) is 0 Å². The van der Waals surface area contributed by atoms with Gasteiger partial charge in [0, 0.05) is 56.2 Å². The summed E-state index contributed by atoms with van der Waals surface area (Å²) < 4.78 is 74.8. The van der Waals surface area contributed by atoms with Crippen molar-refractivity contribution < 1.29 is 36.9 Å². The standard InChI is InChI=1S/C28H27N2O.C13H12N.Ir/c1-17(2)20-9-8-10-21(18(3)4)27(20)30-25-12-7-6-11-24(25)29-28(30)23-16-31-26-15-19(5)13-14-22(23)26;1-10-3-6-12(7-4-10)13-8-5-11(2)9-14-13;/h6-15,17-18H,1-5H3;3-6,8-9H,1-2H3;/q2*-1;/i5D3;1D3,2D3;. The monoisotopic (exact) mass is 791 g/mol. The van der Waals surface area contributed by atoms with Crippen LogP contribution < -0.4 is 0 Å². The summed E-state index contributed by atoms with van der Waals surface area (Å²) in [5, 5.41) is 0.790. The third kappa shape index (κ3) is 6.63. The molecule has 0 aliphatic rings. The molecule has 235 valence electrons. The summed E-state index contributed by atoms with van der Waals surface area (Å²) >= 11 is 0. The number of hydrogen-bond donors (Lipinski definition) is 0. The fourth-order valence-corrected chi connectivity index (χ4v) is 5.47. The van der Waals surface area contributed by atoms with Gasteiger partial charge < -0.3 is 14.0 Å². The maximum absolute atomic E-state index is 7.73. The molecule has 0 aliphatic carbocycles. The smallest absolute Gasteiger partial charge is 0.0774 e. The molecule has 0 aliphatic heterocycles. The first-order valence-electron chi connectivity index (χ1n) is 19.4. The van der Waals surface area contributed by atoms with Crippen LogP contribution in [-0.2, 0) is 20.1 Å². The molecule has 0 amide bonds. The van der Waals surface area contributed by atoms with Gasteiger partial charge >= 0.3 is 0 Å². The van der Waals surface area contributed by atoms with E-state index in [2.05, 4.69) is 73.8 Å². The number of fused-ring (bicyclic) bond motifs is 2. The SMILES string of the molecule is [2H]C([2H])([2H])c1c[c-]c(-c2ccc(C([2H])([2H])[2H])cn2)cc1.[2H]C([2H])([2H])c1ccc2c(-c3nc4ccccc4n3-c3c(C(C)C)cccc3C(C)C)[c-]oc2c1.[Ir]. The predicted molar refractivity (Wildman–Crippen MR) is 186 cm³/mol. The number of nitrogens with zero attached hydrogens (tertiary/aromatic N) is 3. The van der Waals surface area contributed by atoms with Crippen molar-refractivity contribution in [2.75, 3.05) is 0 Å². The van der Waals surface area contributed by atoms with Gasteiger partial charge in [-0.1, -0.05) is 106 Å². The Morgan fingerprint density at radius 2 is 1.50 bits per heavy atom. The summed E-state index contributed by atoms with van der Waals surface area (Å²) in [5.41, 5.74) is 8.52. The summed E-state index contributed by atoms with van der Waals surface area (Å²) in [5.74, 6) is 1.36. The van der Waals surface area contributed by atoms with E-state index in [0.29, 0.717) is 28.7 Å². The summed E-state index contributed by atoms with van der Waals surface area (Å²) in [6, 6.07) is 30.1. The Labute approximate surface area is 298 Å². The molecule has 3 heterocycles. The van der Waals surface area contributed by atoms with Crippen LogP contribution in [0, 0.1) is 32.9 Å². The van der Waals surface area contributed by atoms with E-state index in [4.69, 9.17) is 21.7 Å². The van der Waals surface area contributed by atoms with Crippen molar-refractivity contribution in [2.24, 2.45) is 0 Å². The molecule has 0 atom stereocenters. The molecule has 0 fully saturated rings. The van der Waals surface area contributed by atoms with Gasteiger partial charge in [0.15, 0.2) is 0 Å². The van der Waals surface area contributed by atoms with Crippen molar-refractivity contribution in [3.63, 3.8) is 0 Å². The fourth-order valence-electron chi connectivity index (χ4n) is 5.47. The van der Waals surface area contributed by atoms with Gasteiger partial charge in [-0.3, -0.25) is 4.98 Å². The second-order valence-electron chi connectivity index (χ2n) is 11.6. The van der Waals surface area contributed by atoms with Crippen LogP contribution in [0.2, 0.25) is 0 Å². The quantitative estimate of drug-likeness (QED) is 0.163. The Morgan fingerprint density at radius 3 is 2.15 bits per heavy atom. The fraction of sp³-hybridized carbons (Fsp3) is 0.220. The van der Waals surface area contributed by atoms with Crippen LogP contribution in [0.25, 0.3) is 50.3 Å². The van der Waals surface area contributed by atoms with Gasteiger partial charge in [-0.05, 0) is 60.1 Å². The summed E-state index contributed by atoms with van der Waals surface area (Å²) in [4.78, 5) is 9.09. The topological polar surface area (TPSA) is 43.9 Å². The molecule has 4 nitrogen and oxygen atoms in total. The largest absolute Gasteiger partial charge is 0.557 e. The van der Waals surface area contributed by atoms with Crippen LogP contribution in [0.15, 0.2) is 102 Å². The number of aryl methyl sites for hydroxylation is 3. The van der Waals surface area contributed by atoms with Crippen molar-refractivity contribution in [3.05, 3.63) is 137 Å². The molecule has 7 aromatic rings.